The molecule has 0 spiro atoms. The Bertz CT molecular complexity index is 590. The lowest BCUT2D eigenvalue weighted by atomic mass is 10.1. The molecule has 0 amide bonds. The number of nitrogens with one attached hydrogen (secondary N) is 2. The molecule has 0 bridgehead atoms. The minimum absolute atomic E-state index is 0.538. The van der Waals surface area contributed by atoms with Crippen molar-refractivity contribution >= 4 is 38.4 Å². The van der Waals surface area contributed by atoms with Crippen LogP contribution in [0.3, 0.4) is 0 Å². The van der Waals surface area contributed by atoms with Gasteiger partial charge in [-0.15, -0.1) is 0 Å². The predicted octanol–water partition coefficient (Wildman–Crippen LogP) is 3.67. The van der Waals surface area contributed by atoms with Crippen molar-refractivity contribution in [1.82, 2.24) is 10.3 Å². The zero-order chi connectivity index (χ0) is 12.7. The standard InChI is InChI=1S/C13H14BrClN2O/c1-18-11-4-8-10(5-9(11)15)17-13(12(8)14)7-2-3-16-6-7/h4-5,7,16-17H,2-3,6H2,1H3. The molecule has 1 unspecified atom stereocenters. The van der Waals surface area contributed by atoms with Crippen molar-refractivity contribution < 1.29 is 4.74 Å². The maximum Gasteiger partial charge on any atom is 0.138 e. The Morgan fingerprint density at radius 3 is 2.94 bits per heavy atom. The molecule has 2 N–H and O–H groups in total. The normalized spacial score (nSPS) is 19.6. The number of hydrogen-bond acceptors (Lipinski definition) is 2. The molecule has 18 heavy (non-hydrogen) atoms. The van der Waals surface area contributed by atoms with Crippen LogP contribution >= 0.6 is 27.5 Å². The lowest BCUT2D eigenvalue weighted by Gasteiger charge is -2.06. The van der Waals surface area contributed by atoms with E-state index in [0.717, 1.165) is 34.9 Å². The van der Waals surface area contributed by atoms with Crippen molar-refractivity contribution in [2.45, 2.75) is 12.3 Å². The van der Waals surface area contributed by atoms with Crippen LogP contribution in [0.5, 0.6) is 5.75 Å². The summed E-state index contributed by atoms with van der Waals surface area (Å²) in [7, 11) is 1.63. The fourth-order valence-corrected chi connectivity index (χ4v) is 3.51. The molecule has 1 saturated heterocycles. The largest absolute Gasteiger partial charge is 0.495 e. The molecule has 5 heteroatoms. The van der Waals surface area contributed by atoms with Gasteiger partial charge < -0.3 is 15.0 Å². The first kappa shape index (κ1) is 12.3. The summed E-state index contributed by atoms with van der Waals surface area (Å²) < 4.78 is 6.39. The van der Waals surface area contributed by atoms with Crippen molar-refractivity contribution in [2.75, 3.05) is 20.2 Å². The highest BCUT2D eigenvalue weighted by molar-refractivity contribution is 9.10. The number of methoxy groups -OCH3 is 1. The fourth-order valence-electron chi connectivity index (χ4n) is 2.52. The fraction of sp³-hybridized carbons (Fsp3) is 0.385. The van der Waals surface area contributed by atoms with Crippen LogP contribution in [-0.4, -0.2) is 25.2 Å². The van der Waals surface area contributed by atoms with E-state index in [4.69, 9.17) is 16.3 Å². The zero-order valence-electron chi connectivity index (χ0n) is 10.0. The molecule has 1 aromatic carbocycles. The van der Waals surface area contributed by atoms with Crippen LogP contribution in [0, 0.1) is 0 Å². The summed E-state index contributed by atoms with van der Waals surface area (Å²) >= 11 is 9.84. The van der Waals surface area contributed by atoms with Crippen LogP contribution < -0.4 is 10.1 Å². The van der Waals surface area contributed by atoms with Gasteiger partial charge in [0, 0.05) is 33.5 Å². The number of rotatable bonds is 2. The van der Waals surface area contributed by atoms with Crippen molar-refractivity contribution in [3.05, 3.63) is 27.3 Å². The molecule has 3 nitrogen and oxygen atoms in total. The second kappa shape index (κ2) is 4.76. The highest BCUT2D eigenvalue weighted by atomic mass is 79.9. The average molecular weight is 330 g/mol. The summed E-state index contributed by atoms with van der Waals surface area (Å²) in [6.07, 6.45) is 1.16. The van der Waals surface area contributed by atoms with Crippen molar-refractivity contribution in [1.29, 1.82) is 0 Å². The third-order valence-corrected chi connectivity index (χ3v) is 4.65. The van der Waals surface area contributed by atoms with Crippen LogP contribution in [-0.2, 0) is 0 Å². The summed E-state index contributed by atoms with van der Waals surface area (Å²) in [5.41, 5.74) is 2.30. The molecule has 0 radical (unpaired) electrons. The number of halogens is 2. The van der Waals surface area contributed by atoms with Gasteiger partial charge in [0.05, 0.1) is 12.1 Å². The molecule has 1 atom stereocenters. The third kappa shape index (κ3) is 1.92. The van der Waals surface area contributed by atoms with Crippen LogP contribution in [0.25, 0.3) is 10.9 Å². The van der Waals surface area contributed by atoms with Crippen molar-refractivity contribution in [2.24, 2.45) is 0 Å². The van der Waals surface area contributed by atoms with Gasteiger partial charge in [0.15, 0.2) is 0 Å². The number of aromatic nitrogens is 1. The summed E-state index contributed by atoms with van der Waals surface area (Å²) in [6, 6.07) is 3.90. The number of H-pyrrole nitrogens is 1. The molecular weight excluding hydrogens is 316 g/mol. The molecule has 3 rings (SSSR count). The highest BCUT2D eigenvalue weighted by Gasteiger charge is 2.22. The Labute approximate surface area is 119 Å². The summed E-state index contributed by atoms with van der Waals surface area (Å²) in [6.45, 7) is 2.10. The molecule has 0 saturated carbocycles. The summed E-state index contributed by atoms with van der Waals surface area (Å²) in [4.78, 5) is 3.47. The maximum absolute atomic E-state index is 6.15. The SMILES string of the molecule is COc1cc2c(Br)c(C3CCNC3)[nH]c2cc1Cl. The van der Waals surface area contributed by atoms with Crippen LogP contribution in [0.1, 0.15) is 18.0 Å². The van der Waals surface area contributed by atoms with Crippen LogP contribution in [0.15, 0.2) is 16.6 Å². The van der Waals surface area contributed by atoms with Gasteiger partial charge in [-0.3, -0.25) is 0 Å². The summed E-state index contributed by atoms with van der Waals surface area (Å²) in [5.74, 6) is 1.25. The number of aromatic amines is 1. The van der Waals surface area contributed by atoms with Gasteiger partial charge in [-0.05, 0) is 41.0 Å². The van der Waals surface area contributed by atoms with E-state index >= 15 is 0 Å². The monoisotopic (exact) mass is 328 g/mol. The van der Waals surface area contributed by atoms with E-state index in [9.17, 15) is 0 Å². The second-order valence-corrected chi connectivity index (χ2v) is 5.77. The van der Waals surface area contributed by atoms with Gasteiger partial charge >= 0.3 is 0 Å². The smallest absolute Gasteiger partial charge is 0.138 e. The minimum Gasteiger partial charge on any atom is -0.495 e. The first-order chi connectivity index (χ1) is 8.70. The Hall–Kier alpha value is -0.710. The van der Waals surface area contributed by atoms with Crippen LogP contribution in [0.4, 0.5) is 0 Å². The Morgan fingerprint density at radius 1 is 1.44 bits per heavy atom. The van der Waals surface area contributed by atoms with E-state index in [1.54, 1.807) is 7.11 Å². The Kier molecular flexibility index (Phi) is 3.26. The lowest BCUT2D eigenvalue weighted by molar-refractivity contribution is 0.415. The molecule has 2 heterocycles. The number of fused-ring (bicyclic) bond motifs is 1. The topological polar surface area (TPSA) is 37.0 Å². The molecule has 1 fully saturated rings. The molecule has 1 aliphatic rings. The van der Waals surface area contributed by atoms with E-state index in [0.29, 0.717) is 16.7 Å². The van der Waals surface area contributed by atoms with E-state index in [-0.39, 0.29) is 0 Å². The first-order valence-electron chi connectivity index (χ1n) is 5.96. The summed E-state index contributed by atoms with van der Waals surface area (Å²) in [5, 5.41) is 5.14. The van der Waals surface area contributed by atoms with E-state index in [1.165, 1.54) is 5.69 Å². The minimum atomic E-state index is 0.538. The average Bonchev–Trinajstić information content (AvgIpc) is 2.97. The van der Waals surface area contributed by atoms with Gasteiger partial charge in [0.25, 0.3) is 0 Å². The molecule has 1 aromatic heterocycles. The highest BCUT2D eigenvalue weighted by Crippen LogP contribution is 2.38. The third-order valence-electron chi connectivity index (χ3n) is 3.50. The van der Waals surface area contributed by atoms with Gasteiger partial charge in [0.2, 0.25) is 0 Å². The lowest BCUT2D eigenvalue weighted by Crippen LogP contribution is -2.08. The van der Waals surface area contributed by atoms with Gasteiger partial charge in [-0.1, -0.05) is 11.6 Å². The molecule has 0 aliphatic carbocycles. The van der Waals surface area contributed by atoms with Crippen molar-refractivity contribution in [3.8, 4) is 5.75 Å². The number of ether oxygens (including phenoxy) is 1. The number of benzene rings is 1. The van der Waals surface area contributed by atoms with E-state index in [2.05, 4.69) is 26.2 Å². The number of hydrogen-bond donors (Lipinski definition) is 2. The maximum atomic E-state index is 6.15. The molecule has 1 aliphatic heterocycles. The molecule has 2 aromatic rings. The van der Waals surface area contributed by atoms with E-state index < -0.39 is 0 Å². The molecular formula is C13H14BrClN2O. The Balaban J connectivity index is 2.15. The van der Waals surface area contributed by atoms with E-state index in [1.807, 2.05) is 12.1 Å². The molecule has 96 valence electrons. The zero-order valence-corrected chi connectivity index (χ0v) is 12.4. The van der Waals surface area contributed by atoms with Crippen molar-refractivity contribution in [3.63, 3.8) is 0 Å². The predicted molar refractivity (Wildman–Crippen MR) is 77.8 cm³/mol. The van der Waals surface area contributed by atoms with Gasteiger partial charge in [-0.2, -0.15) is 0 Å². The quantitative estimate of drug-likeness (QED) is 0.882. The van der Waals surface area contributed by atoms with Crippen LogP contribution in [0.2, 0.25) is 5.02 Å². The van der Waals surface area contributed by atoms with Gasteiger partial charge in [0.1, 0.15) is 5.75 Å². The second-order valence-electron chi connectivity index (χ2n) is 4.57. The first-order valence-corrected chi connectivity index (χ1v) is 7.13. The Morgan fingerprint density at radius 2 is 2.28 bits per heavy atom. The van der Waals surface area contributed by atoms with Gasteiger partial charge in [-0.25, -0.2) is 0 Å².